The van der Waals surface area contributed by atoms with Crippen LogP contribution in [0.1, 0.15) is 76.3 Å². The van der Waals surface area contributed by atoms with Gasteiger partial charge in [0.25, 0.3) is 10.1 Å². The van der Waals surface area contributed by atoms with E-state index in [9.17, 15) is 13.5 Å². The standard InChI is InChI=1S/C23H39NO4S/c1-3-5-6-7-8-9-10-14-17-22(25)20-24(18-19-29(26,27)28)23(4-2)21-15-12-11-13-16-21/h4,11-13,15-16,22-23,25H,2-3,5-10,14,17-20H2,1H3,(H,26,27,28). The second-order valence-corrected chi connectivity index (χ2v) is 9.36. The lowest BCUT2D eigenvalue weighted by Crippen LogP contribution is -2.38. The number of aliphatic hydroxyl groups is 1. The van der Waals surface area contributed by atoms with E-state index in [1.165, 1.54) is 38.5 Å². The van der Waals surface area contributed by atoms with E-state index < -0.39 is 16.2 Å². The molecule has 0 aromatic heterocycles. The van der Waals surface area contributed by atoms with E-state index in [1.54, 1.807) is 6.08 Å². The van der Waals surface area contributed by atoms with Gasteiger partial charge in [0.1, 0.15) is 0 Å². The van der Waals surface area contributed by atoms with E-state index in [0.29, 0.717) is 13.0 Å². The van der Waals surface area contributed by atoms with Gasteiger partial charge in [0.15, 0.2) is 0 Å². The van der Waals surface area contributed by atoms with Crippen LogP contribution in [-0.2, 0) is 10.1 Å². The third kappa shape index (κ3) is 12.2. The second kappa shape index (κ2) is 14.7. The van der Waals surface area contributed by atoms with Crippen LogP contribution in [0.3, 0.4) is 0 Å². The molecule has 6 heteroatoms. The van der Waals surface area contributed by atoms with Gasteiger partial charge in [-0.05, 0) is 12.0 Å². The number of unbranched alkanes of at least 4 members (excludes halogenated alkanes) is 7. The molecule has 1 aromatic rings. The fraction of sp³-hybridized carbons (Fsp3) is 0.652. The van der Waals surface area contributed by atoms with Gasteiger partial charge in [-0.15, -0.1) is 6.58 Å². The number of benzene rings is 1. The van der Waals surface area contributed by atoms with Crippen molar-refractivity contribution >= 4 is 10.1 Å². The largest absolute Gasteiger partial charge is 0.392 e. The smallest absolute Gasteiger partial charge is 0.266 e. The van der Waals surface area contributed by atoms with E-state index in [-0.39, 0.29) is 18.3 Å². The van der Waals surface area contributed by atoms with Crippen molar-refractivity contribution in [1.29, 1.82) is 0 Å². The molecular weight excluding hydrogens is 386 g/mol. The Morgan fingerprint density at radius 3 is 2.17 bits per heavy atom. The van der Waals surface area contributed by atoms with Crippen LogP contribution in [0.2, 0.25) is 0 Å². The third-order valence-corrected chi connectivity index (χ3v) is 5.93. The van der Waals surface area contributed by atoms with Crippen LogP contribution in [0.15, 0.2) is 43.0 Å². The molecule has 2 N–H and O–H groups in total. The van der Waals surface area contributed by atoms with Crippen LogP contribution in [0, 0.1) is 0 Å². The van der Waals surface area contributed by atoms with Gasteiger partial charge in [-0.3, -0.25) is 9.45 Å². The molecule has 1 rings (SSSR count). The van der Waals surface area contributed by atoms with Crippen molar-refractivity contribution in [2.45, 2.75) is 76.9 Å². The molecule has 2 atom stereocenters. The molecule has 0 aliphatic carbocycles. The molecule has 2 unspecified atom stereocenters. The topological polar surface area (TPSA) is 77.8 Å². The van der Waals surface area contributed by atoms with Crippen LogP contribution < -0.4 is 0 Å². The summed E-state index contributed by atoms with van der Waals surface area (Å²) in [5, 5.41) is 10.5. The van der Waals surface area contributed by atoms with Crippen LogP contribution >= 0.6 is 0 Å². The molecule has 0 aliphatic heterocycles. The zero-order valence-electron chi connectivity index (χ0n) is 17.9. The first-order valence-corrected chi connectivity index (χ1v) is 12.5. The highest BCUT2D eigenvalue weighted by Gasteiger charge is 2.22. The van der Waals surface area contributed by atoms with Gasteiger partial charge in [-0.25, -0.2) is 0 Å². The predicted octanol–water partition coefficient (Wildman–Crippen LogP) is 5.00. The van der Waals surface area contributed by atoms with Crippen molar-refractivity contribution < 1.29 is 18.1 Å². The van der Waals surface area contributed by atoms with Gasteiger partial charge in [0, 0.05) is 13.1 Å². The first-order chi connectivity index (χ1) is 13.9. The van der Waals surface area contributed by atoms with E-state index >= 15 is 0 Å². The van der Waals surface area contributed by atoms with Crippen LogP contribution in [0.4, 0.5) is 0 Å². The summed E-state index contributed by atoms with van der Waals surface area (Å²) in [6, 6.07) is 9.46. The highest BCUT2D eigenvalue weighted by molar-refractivity contribution is 7.85. The summed E-state index contributed by atoms with van der Waals surface area (Å²) < 4.78 is 31.7. The van der Waals surface area contributed by atoms with Crippen LogP contribution in [-0.4, -0.2) is 47.9 Å². The Bertz CT molecular complexity index is 648. The Balaban J connectivity index is 2.54. The SMILES string of the molecule is C=CC(c1ccccc1)N(CCS(=O)(=O)O)CC(O)CCCCCCCCCC. The molecule has 29 heavy (non-hydrogen) atoms. The summed E-state index contributed by atoms with van der Waals surface area (Å²) in [5.41, 5.74) is 0.983. The highest BCUT2D eigenvalue weighted by atomic mass is 32.2. The maximum absolute atomic E-state index is 11.2. The second-order valence-electron chi connectivity index (χ2n) is 7.79. The Morgan fingerprint density at radius 1 is 1.03 bits per heavy atom. The number of hydrogen-bond donors (Lipinski definition) is 2. The maximum atomic E-state index is 11.2. The summed E-state index contributed by atoms with van der Waals surface area (Å²) in [6.45, 7) is 6.59. The number of hydrogen-bond acceptors (Lipinski definition) is 4. The van der Waals surface area contributed by atoms with Gasteiger partial charge < -0.3 is 5.11 Å². The molecule has 166 valence electrons. The average Bonchev–Trinajstić information content (AvgIpc) is 2.69. The minimum atomic E-state index is -4.07. The molecular formula is C23H39NO4S. The first-order valence-electron chi connectivity index (χ1n) is 10.9. The summed E-state index contributed by atoms with van der Waals surface area (Å²) in [7, 11) is -4.07. The van der Waals surface area contributed by atoms with Gasteiger partial charge >= 0.3 is 0 Å². The average molecular weight is 426 g/mol. The normalized spacial score (nSPS) is 14.1. The van der Waals surface area contributed by atoms with Crippen molar-refractivity contribution in [3.8, 4) is 0 Å². The van der Waals surface area contributed by atoms with Gasteiger partial charge in [0.05, 0.1) is 17.9 Å². The molecule has 0 spiro atoms. The molecule has 5 nitrogen and oxygen atoms in total. The Morgan fingerprint density at radius 2 is 1.62 bits per heavy atom. The molecule has 0 fully saturated rings. The van der Waals surface area contributed by atoms with Crippen molar-refractivity contribution in [3.05, 3.63) is 48.6 Å². The molecule has 1 aromatic carbocycles. The maximum Gasteiger partial charge on any atom is 0.266 e. The molecule has 0 saturated carbocycles. The fourth-order valence-electron chi connectivity index (χ4n) is 3.60. The highest BCUT2D eigenvalue weighted by Crippen LogP contribution is 2.23. The van der Waals surface area contributed by atoms with E-state index in [0.717, 1.165) is 18.4 Å². The Kier molecular flexibility index (Phi) is 13.1. The zero-order chi connectivity index (χ0) is 21.5. The van der Waals surface area contributed by atoms with E-state index in [1.807, 2.05) is 35.2 Å². The van der Waals surface area contributed by atoms with Gasteiger partial charge in [0.2, 0.25) is 0 Å². The third-order valence-electron chi connectivity index (χ3n) is 5.23. The summed E-state index contributed by atoms with van der Waals surface area (Å²) in [5.74, 6) is -0.366. The summed E-state index contributed by atoms with van der Waals surface area (Å²) >= 11 is 0. The molecule has 0 saturated heterocycles. The number of rotatable bonds is 17. The molecule has 0 aliphatic rings. The number of aliphatic hydroxyl groups excluding tert-OH is 1. The molecule has 0 radical (unpaired) electrons. The van der Waals surface area contributed by atoms with Crippen molar-refractivity contribution in [3.63, 3.8) is 0 Å². The Labute approximate surface area is 177 Å². The van der Waals surface area contributed by atoms with Crippen molar-refractivity contribution in [2.75, 3.05) is 18.8 Å². The predicted molar refractivity (Wildman–Crippen MR) is 121 cm³/mol. The molecule has 0 bridgehead atoms. The van der Waals surface area contributed by atoms with Crippen molar-refractivity contribution in [2.24, 2.45) is 0 Å². The molecule has 0 heterocycles. The minimum Gasteiger partial charge on any atom is -0.392 e. The zero-order valence-corrected chi connectivity index (χ0v) is 18.7. The van der Waals surface area contributed by atoms with E-state index in [4.69, 9.17) is 4.55 Å². The lowest BCUT2D eigenvalue weighted by Gasteiger charge is -2.31. The quantitative estimate of drug-likeness (QED) is 0.209. The Hall–Kier alpha value is -1.21. The first kappa shape index (κ1) is 25.8. The summed E-state index contributed by atoms with van der Waals surface area (Å²) in [4.78, 5) is 1.88. The number of nitrogens with zero attached hydrogens (tertiary/aromatic N) is 1. The minimum absolute atomic E-state index is 0.138. The lowest BCUT2D eigenvalue weighted by molar-refractivity contribution is 0.0927. The van der Waals surface area contributed by atoms with Gasteiger partial charge in [-0.1, -0.05) is 94.7 Å². The van der Waals surface area contributed by atoms with Crippen LogP contribution in [0.5, 0.6) is 0 Å². The van der Waals surface area contributed by atoms with Crippen molar-refractivity contribution in [1.82, 2.24) is 4.90 Å². The van der Waals surface area contributed by atoms with Crippen LogP contribution in [0.25, 0.3) is 0 Å². The van der Waals surface area contributed by atoms with E-state index in [2.05, 4.69) is 13.5 Å². The lowest BCUT2D eigenvalue weighted by atomic mass is 10.0. The fourth-order valence-corrected chi connectivity index (χ4v) is 4.06. The summed E-state index contributed by atoms with van der Waals surface area (Å²) in [6.07, 6.45) is 11.6. The molecule has 0 amide bonds. The van der Waals surface area contributed by atoms with Gasteiger partial charge in [-0.2, -0.15) is 8.42 Å². The monoisotopic (exact) mass is 425 g/mol.